The van der Waals surface area contributed by atoms with E-state index < -0.39 is 24.0 Å². The van der Waals surface area contributed by atoms with Gasteiger partial charge in [0.1, 0.15) is 0 Å². The Bertz CT molecular complexity index is 522. The molecule has 0 aliphatic heterocycles. The van der Waals surface area contributed by atoms with Gasteiger partial charge >= 0.3 is 5.97 Å². The molecule has 8 heteroatoms. The van der Waals surface area contributed by atoms with Crippen LogP contribution in [0.4, 0.5) is 0 Å². The van der Waals surface area contributed by atoms with Crippen molar-refractivity contribution in [1.29, 1.82) is 0 Å². The van der Waals surface area contributed by atoms with Gasteiger partial charge in [0, 0.05) is 8.59 Å². The van der Waals surface area contributed by atoms with Gasteiger partial charge in [-0.05, 0) is 41.6 Å². The Morgan fingerprint density at radius 1 is 1.37 bits per heavy atom. The van der Waals surface area contributed by atoms with Gasteiger partial charge in [0.15, 0.2) is 6.04 Å². The van der Waals surface area contributed by atoms with Crippen LogP contribution >= 0.6 is 45.8 Å². The molecule has 5 nitrogen and oxygen atoms in total. The van der Waals surface area contributed by atoms with E-state index in [2.05, 4.69) is 5.32 Å². The van der Waals surface area contributed by atoms with Gasteiger partial charge in [-0.25, -0.2) is 4.79 Å². The Morgan fingerprint density at radius 3 is 2.42 bits per heavy atom. The van der Waals surface area contributed by atoms with Crippen molar-refractivity contribution in [2.24, 2.45) is 0 Å². The maximum atomic E-state index is 12.0. The van der Waals surface area contributed by atoms with Crippen LogP contribution in [0.1, 0.15) is 17.3 Å². The number of carbonyl (C=O) groups is 2. The van der Waals surface area contributed by atoms with E-state index in [4.69, 9.17) is 28.3 Å². The third-order valence-corrected chi connectivity index (χ3v) is 4.27. The third kappa shape index (κ3) is 4.20. The molecule has 0 bridgehead atoms. The highest BCUT2D eigenvalue weighted by Crippen LogP contribution is 2.26. The Labute approximate surface area is 133 Å². The van der Waals surface area contributed by atoms with Crippen LogP contribution in [0, 0.1) is 3.57 Å². The van der Waals surface area contributed by atoms with E-state index in [9.17, 15) is 14.7 Å². The molecule has 1 rings (SSSR count). The molecule has 0 saturated heterocycles. The lowest BCUT2D eigenvalue weighted by molar-refractivity contribution is -0.141. The lowest BCUT2D eigenvalue weighted by atomic mass is 10.1. The molecule has 0 fully saturated rings. The van der Waals surface area contributed by atoms with Gasteiger partial charge < -0.3 is 15.5 Å². The molecule has 0 aliphatic carbocycles. The standard InChI is InChI=1S/C11H10Cl2INO4/c1-4(16)9(11(18)19)15-10(17)6-2-5(12)3-7(13)8(6)14/h2-4,9,16H,1H3,(H,15,17)(H,18,19)/t4-,9+/m1/s1. The topological polar surface area (TPSA) is 86.6 Å². The molecular formula is C11H10Cl2INO4. The van der Waals surface area contributed by atoms with E-state index in [1.807, 2.05) is 22.6 Å². The molecule has 3 N–H and O–H groups in total. The first-order valence-electron chi connectivity index (χ1n) is 5.10. The number of carboxylic acids is 1. The number of hydrogen-bond donors (Lipinski definition) is 3. The monoisotopic (exact) mass is 417 g/mol. The van der Waals surface area contributed by atoms with Crippen LogP contribution in [0.5, 0.6) is 0 Å². The number of carbonyl (C=O) groups excluding carboxylic acids is 1. The number of hydrogen-bond acceptors (Lipinski definition) is 3. The molecule has 0 radical (unpaired) electrons. The fraction of sp³-hybridized carbons (Fsp3) is 0.273. The molecule has 1 amide bonds. The number of halogens is 3. The lowest BCUT2D eigenvalue weighted by Crippen LogP contribution is -2.47. The van der Waals surface area contributed by atoms with E-state index in [-0.39, 0.29) is 10.6 Å². The number of aliphatic hydroxyl groups is 1. The summed E-state index contributed by atoms with van der Waals surface area (Å²) in [6, 6.07) is 1.46. The van der Waals surface area contributed by atoms with Crippen molar-refractivity contribution in [3.63, 3.8) is 0 Å². The number of rotatable bonds is 4. The Morgan fingerprint density at radius 2 is 1.95 bits per heavy atom. The van der Waals surface area contributed by atoms with Crippen molar-refractivity contribution in [1.82, 2.24) is 5.32 Å². The predicted molar refractivity (Wildman–Crippen MR) is 79.7 cm³/mol. The lowest BCUT2D eigenvalue weighted by Gasteiger charge is -2.17. The van der Waals surface area contributed by atoms with Crippen molar-refractivity contribution in [3.05, 3.63) is 31.3 Å². The van der Waals surface area contributed by atoms with Crippen LogP contribution in [0.2, 0.25) is 10.0 Å². The molecule has 104 valence electrons. The molecule has 0 heterocycles. The summed E-state index contributed by atoms with van der Waals surface area (Å²) >= 11 is 13.5. The smallest absolute Gasteiger partial charge is 0.328 e. The van der Waals surface area contributed by atoms with Gasteiger partial charge in [-0.3, -0.25) is 4.79 Å². The van der Waals surface area contributed by atoms with Crippen LogP contribution in [0.15, 0.2) is 12.1 Å². The molecule has 2 atom stereocenters. The fourth-order valence-corrected chi connectivity index (χ4v) is 2.38. The summed E-state index contributed by atoms with van der Waals surface area (Å²) in [6.07, 6.45) is -1.23. The van der Waals surface area contributed by atoms with Gasteiger partial charge in [0.2, 0.25) is 0 Å². The van der Waals surface area contributed by atoms with E-state index in [1.165, 1.54) is 19.1 Å². The molecule has 1 aromatic rings. The number of nitrogens with one attached hydrogen (secondary N) is 1. The van der Waals surface area contributed by atoms with Crippen molar-refractivity contribution in [3.8, 4) is 0 Å². The van der Waals surface area contributed by atoms with E-state index in [1.54, 1.807) is 0 Å². The van der Waals surface area contributed by atoms with Gasteiger partial charge in [-0.1, -0.05) is 23.2 Å². The Hall–Kier alpha value is -0.570. The molecular weight excluding hydrogens is 408 g/mol. The number of aliphatic hydroxyl groups excluding tert-OH is 1. The Balaban J connectivity index is 3.04. The number of carboxylic acid groups (broad SMARTS) is 1. The van der Waals surface area contributed by atoms with Crippen molar-refractivity contribution >= 4 is 57.7 Å². The summed E-state index contributed by atoms with van der Waals surface area (Å²) in [7, 11) is 0. The second kappa shape index (κ2) is 6.74. The summed E-state index contributed by atoms with van der Waals surface area (Å²) in [6.45, 7) is 1.27. The highest BCUT2D eigenvalue weighted by molar-refractivity contribution is 14.1. The minimum Gasteiger partial charge on any atom is -0.480 e. The maximum Gasteiger partial charge on any atom is 0.328 e. The molecule has 0 aliphatic rings. The van der Waals surface area contributed by atoms with Crippen LogP contribution in [0.3, 0.4) is 0 Å². The Kier molecular flexibility index (Phi) is 5.84. The van der Waals surface area contributed by atoms with Crippen LogP contribution in [-0.4, -0.2) is 34.2 Å². The average Bonchev–Trinajstić information content (AvgIpc) is 2.29. The molecule has 19 heavy (non-hydrogen) atoms. The van der Waals surface area contributed by atoms with Crippen LogP contribution in [0.25, 0.3) is 0 Å². The van der Waals surface area contributed by atoms with Gasteiger partial charge in [-0.15, -0.1) is 0 Å². The fourth-order valence-electron chi connectivity index (χ4n) is 1.33. The van der Waals surface area contributed by atoms with Gasteiger partial charge in [-0.2, -0.15) is 0 Å². The van der Waals surface area contributed by atoms with Gasteiger partial charge in [0.25, 0.3) is 5.91 Å². The second-order valence-electron chi connectivity index (χ2n) is 3.78. The molecule has 0 unspecified atom stereocenters. The van der Waals surface area contributed by atoms with Crippen LogP contribution < -0.4 is 5.32 Å². The van der Waals surface area contributed by atoms with E-state index in [0.29, 0.717) is 8.59 Å². The second-order valence-corrected chi connectivity index (χ2v) is 5.70. The van der Waals surface area contributed by atoms with Crippen molar-refractivity contribution < 1.29 is 19.8 Å². The molecule has 0 aromatic heterocycles. The van der Waals surface area contributed by atoms with E-state index in [0.717, 1.165) is 0 Å². The largest absolute Gasteiger partial charge is 0.480 e. The zero-order chi connectivity index (χ0) is 14.7. The normalized spacial score (nSPS) is 13.7. The summed E-state index contributed by atoms with van der Waals surface area (Å²) in [5, 5.41) is 21.0. The number of benzene rings is 1. The molecule has 0 spiro atoms. The van der Waals surface area contributed by atoms with Crippen LogP contribution in [-0.2, 0) is 4.79 Å². The number of amides is 1. The highest BCUT2D eigenvalue weighted by atomic mass is 127. The first kappa shape index (κ1) is 16.5. The number of aliphatic carboxylic acids is 1. The third-order valence-electron chi connectivity index (χ3n) is 2.27. The first-order valence-corrected chi connectivity index (χ1v) is 6.93. The highest BCUT2D eigenvalue weighted by Gasteiger charge is 2.26. The predicted octanol–water partition coefficient (Wildman–Crippen LogP) is 2.16. The minimum absolute atomic E-state index is 0.157. The first-order chi connectivity index (χ1) is 8.73. The minimum atomic E-state index is -1.40. The summed E-state index contributed by atoms with van der Waals surface area (Å²) in [5.74, 6) is -1.99. The maximum absolute atomic E-state index is 12.0. The quantitative estimate of drug-likeness (QED) is 0.517. The average molecular weight is 418 g/mol. The molecule has 0 saturated carbocycles. The zero-order valence-corrected chi connectivity index (χ0v) is 13.3. The summed E-state index contributed by atoms with van der Waals surface area (Å²) in [4.78, 5) is 22.9. The van der Waals surface area contributed by atoms with Gasteiger partial charge in [0.05, 0.1) is 16.7 Å². The van der Waals surface area contributed by atoms with Crippen molar-refractivity contribution in [2.75, 3.05) is 0 Å². The SMILES string of the molecule is C[C@@H](O)[C@H](NC(=O)c1cc(Cl)cc(Cl)c1I)C(=O)O. The summed E-state index contributed by atoms with van der Waals surface area (Å²) < 4.78 is 0.455. The zero-order valence-electron chi connectivity index (χ0n) is 9.65. The van der Waals surface area contributed by atoms with E-state index >= 15 is 0 Å². The van der Waals surface area contributed by atoms with Crippen molar-refractivity contribution in [2.45, 2.75) is 19.1 Å². The molecule has 1 aromatic carbocycles. The summed E-state index contributed by atoms with van der Waals surface area (Å²) in [5.41, 5.74) is 0.157.